The largest absolute Gasteiger partial charge is 0.427 e. The minimum Gasteiger partial charge on any atom is -0.427 e. The van der Waals surface area contributed by atoms with E-state index >= 15 is 0 Å². The number of aliphatic hydroxyl groups is 2. The number of rotatable bonds is 16. The molecule has 7 nitrogen and oxygen atoms in total. The van der Waals surface area contributed by atoms with Crippen LogP contribution in [0.15, 0.2) is 78.9 Å². The Kier molecular flexibility index (Phi) is 13.4. The number of aryl methyl sites for hydroxylation is 1. The van der Waals surface area contributed by atoms with E-state index in [2.05, 4.69) is 5.32 Å². The van der Waals surface area contributed by atoms with Crippen LogP contribution >= 0.6 is 11.8 Å². The lowest BCUT2D eigenvalue weighted by Gasteiger charge is -2.22. The smallest absolute Gasteiger partial charge is 0.416 e. The van der Waals surface area contributed by atoms with Crippen molar-refractivity contribution in [3.63, 3.8) is 0 Å². The first-order valence-corrected chi connectivity index (χ1v) is 16.9. The molecule has 0 radical (unpaired) electrons. The first-order valence-electron chi connectivity index (χ1n) is 15.8. The molecule has 47 heavy (non-hydrogen) atoms. The molecular formula is C36H40F3NO6S. The zero-order valence-corrected chi connectivity index (χ0v) is 26.8. The summed E-state index contributed by atoms with van der Waals surface area (Å²) >= 11 is 1.35. The van der Waals surface area contributed by atoms with Crippen LogP contribution in [-0.2, 0) is 22.2 Å². The Balaban J connectivity index is 1.10. The van der Waals surface area contributed by atoms with Gasteiger partial charge < -0.3 is 20.3 Å². The molecule has 1 amide bonds. The average molecular weight is 672 g/mol. The molecular weight excluding hydrogens is 631 g/mol. The Hall–Kier alpha value is -3.67. The van der Waals surface area contributed by atoms with Crippen molar-refractivity contribution < 1.29 is 42.5 Å². The van der Waals surface area contributed by atoms with Gasteiger partial charge in [0.25, 0.3) is 5.91 Å². The van der Waals surface area contributed by atoms with E-state index in [9.17, 15) is 37.8 Å². The number of nitrogens with one attached hydrogen (secondary N) is 1. The third kappa shape index (κ3) is 11.5. The molecule has 3 aromatic carbocycles. The highest BCUT2D eigenvalue weighted by molar-refractivity contribution is 8.00. The molecule has 0 saturated heterocycles. The van der Waals surface area contributed by atoms with Crippen LogP contribution in [0.3, 0.4) is 0 Å². The highest BCUT2D eigenvalue weighted by Crippen LogP contribution is 2.37. The predicted octanol–water partition coefficient (Wildman–Crippen LogP) is 7.25. The van der Waals surface area contributed by atoms with E-state index in [1.807, 2.05) is 6.07 Å². The summed E-state index contributed by atoms with van der Waals surface area (Å²) in [6, 6.07) is 20.5. The number of anilines is 1. The van der Waals surface area contributed by atoms with Gasteiger partial charge in [-0.25, -0.2) is 0 Å². The van der Waals surface area contributed by atoms with Crippen molar-refractivity contribution in [2.45, 2.75) is 81.4 Å². The Morgan fingerprint density at radius 1 is 0.957 bits per heavy atom. The van der Waals surface area contributed by atoms with Crippen LogP contribution in [0.25, 0.3) is 0 Å². The maximum absolute atomic E-state index is 13.0. The first kappa shape index (κ1) is 36.2. The van der Waals surface area contributed by atoms with Gasteiger partial charge in [-0.3, -0.25) is 14.4 Å². The standard InChI is InChI=1S/C36H40F3NO6S/c37-36(38,39)26-12-8-9-24(21-26)15-18-28(41)23-47-34-30(31(42)22-32(34)43)13-6-1-2-7-14-33(44)46-29-19-16-27(17-20-29)40-35(45)25-10-4-3-5-11-25/h3-5,8-12,16-17,19-21,28,30,32,34,41,43H,1-2,6-7,13-15,18,22-23H2,(H,40,45)/t28?,30-,32+,34+/m0/s1. The molecule has 4 atom stereocenters. The molecule has 0 aromatic heterocycles. The minimum absolute atomic E-state index is 0.00248. The van der Waals surface area contributed by atoms with Crippen LogP contribution in [0.5, 0.6) is 5.75 Å². The molecule has 11 heteroatoms. The summed E-state index contributed by atoms with van der Waals surface area (Å²) in [4.78, 5) is 37.2. The van der Waals surface area contributed by atoms with Gasteiger partial charge in [-0.2, -0.15) is 24.9 Å². The molecule has 3 N–H and O–H groups in total. The lowest BCUT2D eigenvalue weighted by Crippen LogP contribution is -2.26. The third-order valence-electron chi connectivity index (χ3n) is 8.13. The van der Waals surface area contributed by atoms with Gasteiger partial charge in [0.1, 0.15) is 11.5 Å². The van der Waals surface area contributed by atoms with Gasteiger partial charge in [0.05, 0.1) is 17.8 Å². The van der Waals surface area contributed by atoms with Crippen molar-refractivity contribution in [1.82, 2.24) is 0 Å². The summed E-state index contributed by atoms with van der Waals surface area (Å²) in [5, 5.41) is 23.4. The van der Waals surface area contributed by atoms with Gasteiger partial charge in [0, 0.05) is 41.0 Å². The first-order chi connectivity index (χ1) is 22.5. The number of carbonyl (C=O) groups is 3. The number of carbonyl (C=O) groups excluding carboxylic acids is 3. The number of unbranched alkanes of at least 4 members (excludes halogenated alkanes) is 3. The van der Waals surface area contributed by atoms with Crippen LogP contribution in [0.2, 0.25) is 0 Å². The van der Waals surface area contributed by atoms with Gasteiger partial charge >= 0.3 is 12.1 Å². The number of alkyl halides is 3. The summed E-state index contributed by atoms with van der Waals surface area (Å²) in [6.45, 7) is 0. The van der Waals surface area contributed by atoms with E-state index in [0.717, 1.165) is 31.4 Å². The molecule has 1 aliphatic rings. The van der Waals surface area contributed by atoms with E-state index in [-0.39, 0.29) is 60.3 Å². The Morgan fingerprint density at radius 2 is 1.68 bits per heavy atom. The van der Waals surface area contributed by atoms with Gasteiger partial charge in [-0.1, -0.05) is 55.7 Å². The van der Waals surface area contributed by atoms with Crippen LogP contribution in [0.4, 0.5) is 18.9 Å². The predicted molar refractivity (Wildman–Crippen MR) is 175 cm³/mol. The fourth-order valence-electron chi connectivity index (χ4n) is 5.59. The Labute approximate surface area is 276 Å². The van der Waals surface area contributed by atoms with E-state index in [1.54, 1.807) is 54.6 Å². The van der Waals surface area contributed by atoms with Crippen LogP contribution in [0, 0.1) is 5.92 Å². The van der Waals surface area contributed by atoms with Crippen molar-refractivity contribution in [1.29, 1.82) is 0 Å². The second-order valence-corrected chi connectivity index (χ2v) is 13.0. The molecule has 1 fully saturated rings. The molecule has 0 bridgehead atoms. The SMILES string of the molecule is O=C(CCCCCC[C@H]1C(=O)C[C@@H](O)[C@@H]1SCC(O)CCc1cccc(C(F)(F)F)c1)Oc1ccc(NC(=O)c2ccccc2)cc1. The maximum atomic E-state index is 13.0. The van der Waals surface area contributed by atoms with Crippen LogP contribution < -0.4 is 10.1 Å². The highest BCUT2D eigenvalue weighted by Gasteiger charge is 2.41. The van der Waals surface area contributed by atoms with Gasteiger partial charge in [-0.15, -0.1) is 0 Å². The van der Waals surface area contributed by atoms with E-state index in [1.165, 1.54) is 17.8 Å². The second-order valence-electron chi connectivity index (χ2n) is 11.8. The summed E-state index contributed by atoms with van der Waals surface area (Å²) < 4.78 is 44.3. The van der Waals surface area contributed by atoms with Crippen molar-refractivity contribution in [2.75, 3.05) is 11.1 Å². The molecule has 1 saturated carbocycles. The number of thioether (sulfide) groups is 1. The number of hydrogen-bond donors (Lipinski definition) is 3. The molecule has 252 valence electrons. The zero-order valence-electron chi connectivity index (χ0n) is 26.0. The number of Topliss-reactive ketones (excluding diaryl/α,β-unsaturated/α-hetero) is 1. The molecule has 4 rings (SSSR count). The number of hydrogen-bond acceptors (Lipinski definition) is 7. The summed E-state index contributed by atoms with van der Waals surface area (Å²) in [5.74, 6) is -0.253. The van der Waals surface area contributed by atoms with Crippen LogP contribution in [0.1, 0.15) is 72.9 Å². The summed E-state index contributed by atoms with van der Waals surface area (Å²) in [7, 11) is 0. The molecule has 1 unspecified atom stereocenters. The van der Waals surface area contributed by atoms with E-state index in [0.29, 0.717) is 35.4 Å². The zero-order chi connectivity index (χ0) is 33.8. The quantitative estimate of drug-likeness (QED) is 0.0836. The normalized spacial score (nSPS) is 18.6. The van der Waals surface area contributed by atoms with E-state index < -0.39 is 23.9 Å². The average Bonchev–Trinajstić information content (AvgIpc) is 3.32. The number of benzene rings is 3. The fraction of sp³-hybridized carbons (Fsp3) is 0.417. The maximum Gasteiger partial charge on any atom is 0.416 e. The molecule has 3 aromatic rings. The topological polar surface area (TPSA) is 113 Å². The second kappa shape index (κ2) is 17.5. The molecule has 1 aliphatic carbocycles. The fourth-order valence-corrected chi connectivity index (χ4v) is 7.04. The lowest BCUT2D eigenvalue weighted by molar-refractivity contribution is -0.137. The summed E-state index contributed by atoms with van der Waals surface area (Å²) in [6.07, 6.45) is -1.55. The number of amides is 1. The van der Waals surface area contributed by atoms with Gasteiger partial charge in [0.15, 0.2) is 0 Å². The van der Waals surface area contributed by atoms with E-state index in [4.69, 9.17) is 4.74 Å². The number of halogens is 3. The highest BCUT2D eigenvalue weighted by atomic mass is 32.2. The van der Waals surface area contributed by atoms with Crippen molar-refractivity contribution in [3.8, 4) is 5.75 Å². The van der Waals surface area contributed by atoms with Gasteiger partial charge in [-0.05, 0) is 73.7 Å². The van der Waals surface area contributed by atoms with Crippen molar-refractivity contribution in [3.05, 3.63) is 95.6 Å². The molecule has 0 spiro atoms. The number of ether oxygens (including phenoxy) is 1. The monoisotopic (exact) mass is 671 g/mol. The third-order valence-corrected chi connectivity index (χ3v) is 9.73. The minimum atomic E-state index is -4.42. The van der Waals surface area contributed by atoms with Gasteiger partial charge in [0.2, 0.25) is 0 Å². The summed E-state index contributed by atoms with van der Waals surface area (Å²) in [5.41, 5.74) is 0.893. The number of aliphatic hydroxyl groups excluding tert-OH is 2. The number of ketones is 1. The Bertz CT molecular complexity index is 1470. The lowest BCUT2D eigenvalue weighted by atomic mass is 9.98. The number of esters is 1. The molecule has 0 heterocycles. The van der Waals surface area contributed by atoms with Crippen LogP contribution in [-0.4, -0.2) is 51.1 Å². The van der Waals surface area contributed by atoms with Crippen molar-refractivity contribution >= 4 is 35.1 Å². The van der Waals surface area contributed by atoms with Crippen molar-refractivity contribution in [2.24, 2.45) is 5.92 Å². The Morgan fingerprint density at radius 3 is 2.40 bits per heavy atom. The molecule has 0 aliphatic heterocycles.